The summed E-state index contributed by atoms with van der Waals surface area (Å²) in [6.45, 7) is 1.07. The van der Waals surface area contributed by atoms with E-state index in [1.54, 1.807) is 6.07 Å². The molecule has 0 fully saturated rings. The topological polar surface area (TPSA) is 86.5 Å². The van der Waals surface area contributed by atoms with Gasteiger partial charge in [-0.05, 0) is 11.6 Å². The summed E-state index contributed by atoms with van der Waals surface area (Å²) in [4.78, 5) is 10.3. The van der Waals surface area contributed by atoms with E-state index in [4.69, 9.17) is 5.14 Å². The highest BCUT2D eigenvalue weighted by atomic mass is 32.2. The summed E-state index contributed by atoms with van der Waals surface area (Å²) in [5.74, 6) is -0.773. The van der Waals surface area contributed by atoms with Crippen molar-refractivity contribution in [1.29, 1.82) is 0 Å². The minimum atomic E-state index is -3.91. The number of ether oxygens (including phenoxy) is 1. The zero-order chi connectivity index (χ0) is 13.1. The van der Waals surface area contributed by atoms with Gasteiger partial charge < -0.3 is 4.74 Å². The molecule has 1 rings (SSSR count). The molecule has 0 aliphatic rings. The van der Waals surface area contributed by atoms with Crippen molar-refractivity contribution in [3.63, 3.8) is 0 Å². The van der Waals surface area contributed by atoms with Crippen LogP contribution in [0.25, 0.3) is 0 Å². The Bertz CT molecular complexity index is 515. The van der Waals surface area contributed by atoms with Crippen LogP contribution in [0.3, 0.4) is 0 Å². The first-order valence-corrected chi connectivity index (χ1v) is 6.27. The van der Waals surface area contributed by atoms with E-state index < -0.39 is 22.4 Å². The summed E-state index contributed by atoms with van der Waals surface area (Å²) < 4.78 is 39.9. The van der Waals surface area contributed by atoms with Gasteiger partial charge in [0.1, 0.15) is 0 Å². The van der Waals surface area contributed by atoms with Gasteiger partial charge in [0.15, 0.2) is 0 Å². The van der Waals surface area contributed by atoms with Crippen LogP contribution in [-0.4, -0.2) is 20.7 Å². The van der Waals surface area contributed by atoms with Gasteiger partial charge in [0.25, 0.3) is 0 Å². The summed E-state index contributed by atoms with van der Waals surface area (Å²) in [6, 6.07) is 5.70. The number of sulfonamides is 1. The number of carbonyl (C=O) groups is 1. The first-order valence-electron chi connectivity index (χ1n) is 4.72. The quantitative estimate of drug-likeness (QED) is 0.810. The number of primary sulfonamides is 1. The van der Waals surface area contributed by atoms with E-state index in [-0.39, 0.29) is 16.9 Å². The Kier molecular flexibility index (Phi) is 4.19. The molecule has 0 bridgehead atoms. The number of halogens is 1. The summed E-state index contributed by atoms with van der Waals surface area (Å²) >= 11 is 0. The Morgan fingerprint density at radius 3 is 2.59 bits per heavy atom. The summed E-state index contributed by atoms with van der Waals surface area (Å²) in [5.41, 5.74) is 0.170. The van der Waals surface area contributed by atoms with Gasteiger partial charge in [0.2, 0.25) is 16.4 Å². The molecule has 0 aliphatic carbocycles. The molecule has 17 heavy (non-hydrogen) atoms. The lowest BCUT2D eigenvalue weighted by Crippen LogP contribution is -2.18. The molecule has 1 aromatic carbocycles. The first kappa shape index (κ1) is 13.6. The average molecular weight is 261 g/mol. The summed E-state index contributed by atoms with van der Waals surface area (Å²) in [7, 11) is -3.91. The Balaban J connectivity index is 2.96. The van der Waals surface area contributed by atoms with E-state index >= 15 is 0 Å². The molecule has 94 valence electrons. The maximum Gasteiger partial charge on any atom is 0.305 e. The fourth-order valence-corrected chi connectivity index (χ4v) is 2.13. The van der Waals surface area contributed by atoms with Gasteiger partial charge in [-0.2, -0.15) is 0 Å². The monoisotopic (exact) mass is 261 g/mol. The molecule has 1 aromatic rings. The highest BCUT2D eigenvalue weighted by Gasteiger charge is 2.18. The molecule has 1 unspecified atom stereocenters. The van der Waals surface area contributed by atoms with Gasteiger partial charge in [-0.25, -0.2) is 17.9 Å². The number of hydrogen-bond acceptors (Lipinski definition) is 4. The van der Waals surface area contributed by atoms with Gasteiger partial charge in [-0.3, -0.25) is 4.79 Å². The molecule has 2 N–H and O–H groups in total. The number of nitrogens with two attached hydrogens (primary N) is 1. The Morgan fingerprint density at radius 2 is 2.06 bits per heavy atom. The number of hydrogen-bond donors (Lipinski definition) is 1. The van der Waals surface area contributed by atoms with E-state index in [1.807, 2.05) is 0 Å². The van der Waals surface area contributed by atoms with Gasteiger partial charge >= 0.3 is 5.97 Å². The number of rotatable bonds is 4. The molecule has 0 radical (unpaired) electrons. The SMILES string of the molecule is CC(=O)OC(F)Cc1ccccc1S(N)(=O)=O. The number of carbonyl (C=O) groups excluding carboxylic acids is 1. The Morgan fingerprint density at radius 1 is 1.47 bits per heavy atom. The highest BCUT2D eigenvalue weighted by molar-refractivity contribution is 7.89. The molecule has 1 atom stereocenters. The van der Waals surface area contributed by atoms with Crippen LogP contribution in [0.15, 0.2) is 29.2 Å². The van der Waals surface area contributed by atoms with Crippen LogP contribution in [-0.2, 0) is 26.0 Å². The lowest BCUT2D eigenvalue weighted by molar-refractivity contribution is -0.154. The second-order valence-corrected chi connectivity index (χ2v) is 4.91. The predicted molar refractivity (Wildman–Crippen MR) is 58.2 cm³/mol. The minimum absolute atomic E-state index is 0.170. The predicted octanol–water partition coefficient (Wildman–Crippen LogP) is 0.735. The van der Waals surface area contributed by atoms with Crippen molar-refractivity contribution < 1.29 is 22.3 Å². The normalized spacial score (nSPS) is 13.1. The minimum Gasteiger partial charge on any atom is -0.431 e. The maximum absolute atomic E-state index is 13.2. The maximum atomic E-state index is 13.2. The number of alkyl halides is 1. The van der Waals surface area contributed by atoms with Crippen LogP contribution in [0.4, 0.5) is 4.39 Å². The van der Waals surface area contributed by atoms with E-state index in [9.17, 15) is 17.6 Å². The second-order valence-electron chi connectivity index (χ2n) is 3.38. The van der Waals surface area contributed by atoms with Gasteiger partial charge in [0.05, 0.1) is 4.90 Å². The Labute approximate surface area is 98.4 Å². The van der Waals surface area contributed by atoms with Crippen molar-refractivity contribution in [2.75, 3.05) is 0 Å². The molecule has 5 nitrogen and oxygen atoms in total. The molecule has 0 amide bonds. The van der Waals surface area contributed by atoms with Crippen molar-refractivity contribution in [2.24, 2.45) is 5.14 Å². The zero-order valence-corrected chi connectivity index (χ0v) is 9.91. The third-order valence-corrected chi connectivity index (χ3v) is 2.96. The van der Waals surface area contributed by atoms with Gasteiger partial charge in [-0.1, -0.05) is 18.2 Å². The second kappa shape index (κ2) is 5.24. The van der Waals surface area contributed by atoms with Crippen LogP contribution >= 0.6 is 0 Å². The zero-order valence-electron chi connectivity index (χ0n) is 9.09. The standard InChI is InChI=1S/C10H12FNO4S/c1-7(13)16-10(11)6-8-4-2-3-5-9(8)17(12,14)15/h2-5,10H,6H2,1H3,(H2,12,14,15). The third-order valence-electron chi connectivity index (χ3n) is 1.95. The summed E-state index contributed by atoms with van der Waals surface area (Å²) in [5, 5.41) is 4.98. The van der Waals surface area contributed by atoms with Crippen LogP contribution in [0.2, 0.25) is 0 Å². The lowest BCUT2D eigenvalue weighted by Gasteiger charge is -2.11. The van der Waals surface area contributed by atoms with Gasteiger partial charge in [-0.15, -0.1) is 0 Å². The molecule has 0 aromatic heterocycles. The van der Waals surface area contributed by atoms with Crippen molar-refractivity contribution in [2.45, 2.75) is 24.6 Å². The molecular formula is C10H12FNO4S. The summed E-state index contributed by atoms with van der Waals surface area (Å²) in [6.07, 6.45) is -2.25. The largest absolute Gasteiger partial charge is 0.431 e. The molecule has 0 saturated carbocycles. The number of benzene rings is 1. The van der Waals surface area contributed by atoms with Crippen LogP contribution in [0, 0.1) is 0 Å². The average Bonchev–Trinajstić information content (AvgIpc) is 2.15. The van der Waals surface area contributed by atoms with Gasteiger partial charge in [0, 0.05) is 13.3 Å². The van der Waals surface area contributed by atoms with Crippen molar-refractivity contribution in [3.05, 3.63) is 29.8 Å². The highest BCUT2D eigenvalue weighted by Crippen LogP contribution is 2.17. The van der Waals surface area contributed by atoms with Crippen molar-refractivity contribution in [3.8, 4) is 0 Å². The van der Waals surface area contributed by atoms with Crippen LogP contribution in [0.1, 0.15) is 12.5 Å². The van der Waals surface area contributed by atoms with E-state index in [0.717, 1.165) is 6.92 Å². The van der Waals surface area contributed by atoms with Crippen molar-refractivity contribution in [1.82, 2.24) is 0 Å². The fourth-order valence-electron chi connectivity index (χ4n) is 1.34. The van der Waals surface area contributed by atoms with E-state index in [1.165, 1.54) is 18.2 Å². The molecule has 0 saturated heterocycles. The van der Waals surface area contributed by atoms with Crippen molar-refractivity contribution >= 4 is 16.0 Å². The molecule has 0 spiro atoms. The number of esters is 1. The fraction of sp³-hybridized carbons (Fsp3) is 0.300. The molecule has 0 aliphatic heterocycles. The van der Waals surface area contributed by atoms with E-state index in [0.29, 0.717) is 0 Å². The smallest absolute Gasteiger partial charge is 0.305 e. The van der Waals surface area contributed by atoms with E-state index in [2.05, 4.69) is 4.74 Å². The lowest BCUT2D eigenvalue weighted by atomic mass is 10.1. The molecule has 0 heterocycles. The first-order chi connectivity index (χ1) is 7.80. The molecular weight excluding hydrogens is 249 g/mol. The third kappa shape index (κ3) is 4.12. The van der Waals surface area contributed by atoms with Crippen LogP contribution in [0.5, 0.6) is 0 Å². The van der Waals surface area contributed by atoms with Crippen LogP contribution < -0.4 is 5.14 Å². The molecule has 7 heteroatoms. The Hall–Kier alpha value is -1.47.